The van der Waals surface area contributed by atoms with Crippen LogP contribution in [0.3, 0.4) is 0 Å². The number of nitrogens with two attached hydrogens (primary N) is 1. The van der Waals surface area contributed by atoms with Gasteiger partial charge >= 0.3 is 0 Å². The Bertz CT molecular complexity index is 1060. The van der Waals surface area contributed by atoms with Crippen LogP contribution >= 0.6 is 23.2 Å². The number of anilines is 1. The smallest absolute Gasteiger partial charge is 0.276 e. The third kappa shape index (κ3) is 4.18. The lowest BCUT2D eigenvalue weighted by molar-refractivity contribution is 0.0954. The van der Waals surface area contributed by atoms with E-state index in [2.05, 4.69) is 10.4 Å². The van der Waals surface area contributed by atoms with Gasteiger partial charge in [0.05, 0.1) is 33.1 Å². The van der Waals surface area contributed by atoms with E-state index in [1.807, 2.05) is 24.3 Å². The van der Waals surface area contributed by atoms with Crippen LogP contribution in [0.4, 0.5) is 5.69 Å². The van der Waals surface area contributed by atoms with E-state index in [4.69, 9.17) is 28.9 Å². The van der Waals surface area contributed by atoms with Crippen molar-refractivity contribution in [3.8, 4) is 11.1 Å². The summed E-state index contributed by atoms with van der Waals surface area (Å²) in [4.78, 5) is 24.5. The van der Waals surface area contributed by atoms with Crippen LogP contribution in [-0.4, -0.2) is 22.2 Å². The topological polar surface area (TPSA) is 90.0 Å². The minimum atomic E-state index is -0.319. The van der Waals surface area contributed by atoms with Crippen LogP contribution in [0.2, 0.25) is 10.0 Å². The maximum absolute atomic E-state index is 12.3. The van der Waals surface area contributed by atoms with Crippen LogP contribution in [0.15, 0.2) is 53.5 Å². The van der Waals surface area contributed by atoms with Crippen molar-refractivity contribution in [3.63, 3.8) is 0 Å². The monoisotopic (exact) mass is 416 g/mol. The molecule has 8 heteroatoms. The number of benzene rings is 2. The van der Waals surface area contributed by atoms with Gasteiger partial charge in [-0.15, -0.1) is 0 Å². The number of rotatable bonds is 5. The van der Waals surface area contributed by atoms with E-state index >= 15 is 0 Å². The largest absolute Gasteiger partial charge is 0.397 e. The average molecular weight is 417 g/mol. The number of aryl methyl sites for hydroxylation is 1. The summed E-state index contributed by atoms with van der Waals surface area (Å²) in [6.45, 7) is 0.416. The zero-order valence-corrected chi connectivity index (χ0v) is 16.6. The normalized spacial score (nSPS) is 10.7. The van der Waals surface area contributed by atoms with Gasteiger partial charge in [-0.3, -0.25) is 9.59 Å². The zero-order chi connectivity index (χ0) is 20.3. The number of nitrogens with one attached hydrogen (secondary N) is 1. The number of hydrogen-bond donors (Lipinski definition) is 2. The SMILES string of the molecule is Cn1ncc(N)c(-c2ccc(CCNC(=O)c3c(Cl)cccc3Cl)cc2)c1=O. The maximum Gasteiger partial charge on any atom is 0.276 e. The van der Waals surface area contributed by atoms with Gasteiger partial charge in [-0.25, -0.2) is 4.68 Å². The molecule has 1 amide bonds. The van der Waals surface area contributed by atoms with Crippen LogP contribution in [0.25, 0.3) is 11.1 Å². The number of carbonyl (C=O) groups is 1. The molecule has 0 fully saturated rings. The van der Waals surface area contributed by atoms with E-state index in [0.717, 1.165) is 11.1 Å². The van der Waals surface area contributed by atoms with Gasteiger partial charge in [0.2, 0.25) is 0 Å². The van der Waals surface area contributed by atoms with Gasteiger partial charge in [-0.1, -0.05) is 53.5 Å². The van der Waals surface area contributed by atoms with E-state index in [1.54, 1.807) is 25.2 Å². The molecule has 1 heterocycles. The first-order valence-corrected chi connectivity index (χ1v) is 9.27. The molecular formula is C20H18Cl2N4O2. The van der Waals surface area contributed by atoms with Gasteiger partial charge in [0, 0.05) is 13.6 Å². The number of carbonyl (C=O) groups excluding carboxylic acids is 1. The fraction of sp³-hybridized carbons (Fsp3) is 0.150. The molecule has 0 aliphatic heterocycles. The Kier molecular flexibility index (Phi) is 6.02. The molecule has 144 valence electrons. The molecular weight excluding hydrogens is 399 g/mol. The highest BCUT2D eigenvalue weighted by molar-refractivity contribution is 6.39. The van der Waals surface area contributed by atoms with Gasteiger partial charge in [0.25, 0.3) is 11.5 Å². The van der Waals surface area contributed by atoms with Gasteiger partial charge in [-0.05, 0) is 29.7 Å². The Morgan fingerprint density at radius 3 is 2.43 bits per heavy atom. The molecule has 0 spiro atoms. The van der Waals surface area contributed by atoms with E-state index in [1.165, 1.54) is 10.9 Å². The highest BCUT2D eigenvalue weighted by Gasteiger charge is 2.14. The molecule has 0 aliphatic carbocycles. The molecule has 3 rings (SSSR count). The quantitative estimate of drug-likeness (QED) is 0.667. The molecule has 0 bridgehead atoms. The zero-order valence-electron chi connectivity index (χ0n) is 15.1. The summed E-state index contributed by atoms with van der Waals surface area (Å²) in [5.41, 5.74) is 8.40. The summed E-state index contributed by atoms with van der Waals surface area (Å²) in [7, 11) is 1.58. The number of amides is 1. The number of nitrogens with zero attached hydrogens (tertiary/aromatic N) is 2. The molecule has 1 aromatic heterocycles. The van der Waals surface area contributed by atoms with Crippen molar-refractivity contribution < 1.29 is 4.79 Å². The van der Waals surface area contributed by atoms with Gasteiger partial charge in [0.1, 0.15) is 0 Å². The van der Waals surface area contributed by atoms with Crippen molar-refractivity contribution >= 4 is 34.8 Å². The lowest BCUT2D eigenvalue weighted by atomic mass is 10.0. The van der Waals surface area contributed by atoms with Crippen molar-refractivity contribution in [2.75, 3.05) is 12.3 Å². The second kappa shape index (κ2) is 8.46. The Balaban J connectivity index is 1.67. The molecule has 2 aromatic carbocycles. The Labute approximate surface area is 171 Å². The molecule has 28 heavy (non-hydrogen) atoms. The number of halogens is 2. The number of aromatic nitrogens is 2. The van der Waals surface area contributed by atoms with Gasteiger partial charge in [-0.2, -0.15) is 5.10 Å². The number of nitrogen functional groups attached to an aromatic ring is 1. The lowest BCUT2D eigenvalue weighted by Gasteiger charge is -2.10. The molecule has 0 saturated heterocycles. The van der Waals surface area contributed by atoms with Crippen LogP contribution in [0.1, 0.15) is 15.9 Å². The van der Waals surface area contributed by atoms with Gasteiger partial charge < -0.3 is 11.1 Å². The first-order chi connectivity index (χ1) is 13.4. The van der Waals surface area contributed by atoms with E-state index in [9.17, 15) is 9.59 Å². The molecule has 0 atom stereocenters. The minimum absolute atomic E-state index is 0.253. The molecule has 0 unspecified atom stereocenters. The van der Waals surface area contributed by atoms with E-state index in [0.29, 0.717) is 34.3 Å². The Morgan fingerprint density at radius 1 is 1.14 bits per heavy atom. The lowest BCUT2D eigenvalue weighted by Crippen LogP contribution is -2.26. The standard InChI is InChI=1S/C20H18Cl2N4O2/c1-26-20(28)17(16(23)11-25-26)13-7-5-12(6-8-13)9-10-24-19(27)18-14(21)3-2-4-15(18)22/h2-8,11H,9-10,23H2,1H3,(H,24,27). The molecule has 0 radical (unpaired) electrons. The van der Waals surface area contributed by atoms with Crippen molar-refractivity contribution in [2.45, 2.75) is 6.42 Å². The van der Waals surface area contributed by atoms with Crippen molar-refractivity contribution in [3.05, 3.63) is 80.2 Å². The summed E-state index contributed by atoms with van der Waals surface area (Å²) in [6, 6.07) is 12.4. The first-order valence-electron chi connectivity index (χ1n) is 8.52. The molecule has 0 saturated carbocycles. The van der Waals surface area contributed by atoms with Crippen molar-refractivity contribution in [2.24, 2.45) is 7.05 Å². The minimum Gasteiger partial charge on any atom is -0.397 e. The van der Waals surface area contributed by atoms with Gasteiger partial charge in [0.15, 0.2) is 0 Å². The Hall–Kier alpha value is -2.83. The molecule has 6 nitrogen and oxygen atoms in total. The summed E-state index contributed by atoms with van der Waals surface area (Å²) >= 11 is 12.1. The second-order valence-electron chi connectivity index (χ2n) is 6.20. The fourth-order valence-corrected chi connectivity index (χ4v) is 3.37. The third-order valence-corrected chi connectivity index (χ3v) is 4.93. The summed E-state index contributed by atoms with van der Waals surface area (Å²) in [5, 5.41) is 7.33. The first kappa shape index (κ1) is 19.9. The van der Waals surface area contributed by atoms with Crippen molar-refractivity contribution in [1.82, 2.24) is 15.1 Å². The molecule has 3 N–H and O–H groups in total. The van der Waals surface area contributed by atoms with E-state index < -0.39 is 0 Å². The highest BCUT2D eigenvalue weighted by atomic mass is 35.5. The summed E-state index contributed by atoms with van der Waals surface area (Å²) in [5.74, 6) is -0.319. The van der Waals surface area contributed by atoms with Crippen LogP contribution in [0.5, 0.6) is 0 Å². The maximum atomic E-state index is 12.3. The van der Waals surface area contributed by atoms with Crippen molar-refractivity contribution in [1.29, 1.82) is 0 Å². The fourth-order valence-electron chi connectivity index (χ4n) is 2.80. The van der Waals surface area contributed by atoms with Crippen LogP contribution < -0.4 is 16.6 Å². The van der Waals surface area contributed by atoms with Crippen LogP contribution in [-0.2, 0) is 13.5 Å². The van der Waals surface area contributed by atoms with E-state index in [-0.39, 0.29) is 17.0 Å². The third-order valence-electron chi connectivity index (χ3n) is 4.30. The molecule has 3 aromatic rings. The number of hydrogen-bond acceptors (Lipinski definition) is 4. The molecule has 0 aliphatic rings. The average Bonchev–Trinajstić information content (AvgIpc) is 2.66. The predicted molar refractivity (Wildman–Crippen MR) is 112 cm³/mol. The Morgan fingerprint density at radius 2 is 1.79 bits per heavy atom. The highest BCUT2D eigenvalue weighted by Crippen LogP contribution is 2.24. The summed E-state index contributed by atoms with van der Waals surface area (Å²) in [6.07, 6.45) is 2.07. The second-order valence-corrected chi connectivity index (χ2v) is 7.02. The van der Waals surface area contributed by atoms with Crippen LogP contribution in [0, 0.1) is 0 Å². The summed E-state index contributed by atoms with van der Waals surface area (Å²) < 4.78 is 1.25. The predicted octanol–water partition coefficient (Wildman–Crippen LogP) is 3.31.